The molecule has 0 aliphatic carbocycles. The minimum atomic E-state index is 0.0106. The van der Waals surface area contributed by atoms with E-state index < -0.39 is 0 Å². The molecule has 0 bridgehead atoms. The highest BCUT2D eigenvalue weighted by atomic mass is 35.5. The molecule has 9 heteroatoms. The Hall–Kier alpha value is -3.10. The predicted octanol–water partition coefficient (Wildman–Crippen LogP) is 2.33. The number of pyridine rings is 1. The van der Waals surface area contributed by atoms with Crippen LogP contribution in [-0.2, 0) is 0 Å². The Labute approximate surface area is 153 Å². The van der Waals surface area contributed by atoms with Gasteiger partial charge < -0.3 is 10.4 Å². The first-order valence-electron chi connectivity index (χ1n) is 7.87. The van der Waals surface area contributed by atoms with Crippen LogP contribution in [0.3, 0.4) is 0 Å². The van der Waals surface area contributed by atoms with Crippen LogP contribution < -0.4 is 5.32 Å². The maximum absolute atomic E-state index is 8.87. The first-order chi connectivity index (χ1) is 12.8. The van der Waals surface area contributed by atoms with E-state index in [0.29, 0.717) is 23.3 Å². The fourth-order valence-corrected chi connectivity index (χ4v) is 2.89. The summed E-state index contributed by atoms with van der Waals surface area (Å²) in [5.74, 6) is 0.446. The van der Waals surface area contributed by atoms with Gasteiger partial charge in [-0.15, -0.1) is 0 Å². The molecule has 26 heavy (non-hydrogen) atoms. The molecule has 4 aromatic rings. The number of aliphatic hydroxyl groups excluding tert-OH is 1. The van der Waals surface area contributed by atoms with Gasteiger partial charge >= 0.3 is 0 Å². The highest BCUT2D eigenvalue weighted by Crippen LogP contribution is 2.34. The van der Waals surface area contributed by atoms with Crippen LogP contribution in [0.25, 0.3) is 27.8 Å². The average molecular weight is 368 g/mol. The summed E-state index contributed by atoms with van der Waals surface area (Å²) in [5.41, 5.74) is 3.14. The number of fused-ring (bicyclic) bond motifs is 1. The SMILES string of the molecule is OCCNc1ncc(-c2cn(-c3cccnc3)c3ncnc(Cl)c23)cn1. The number of anilines is 1. The van der Waals surface area contributed by atoms with E-state index >= 15 is 0 Å². The fourth-order valence-electron chi connectivity index (χ4n) is 2.66. The molecule has 0 amide bonds. The summed E-state index contributed by atoms with van der Waals surface area (Å²) in [6, 6.07) is 3.79. The molecule has 0 aliphatic rings. The van der Waals surface area contributed by atoms with Crippen molar-refractivity contribution in [3.8, 4) is 16.8 Å². The van der Waals surface area contributed by atoms with Crippen LogP contribution in [0, 0.1) is 0 Å². The van der Waals surface area contributed by atoms with Gasteiger partial charge in [-0.3, -0.25) is 9.55 Å². The summed E-state index contributed by atoms with van der Waals surface area (Å²) in [6.07, 6.45) is 10.2. The van der Waals surface area contributed by atoms with Crippen LogP contribution in [0.15, 0.2) is 49.4 Å². The van der Waals surface area contributed by atoms with Crippen molar-refractivity contribution < 1.29 is 5.11 Å². The van der Waals surface area contributed by atoms with Crippen LogP contribution in [-0.4, -0.2) is 47.7 Å². The van der Waals surface area contributed by atoms with E-state index in [0.717, 1.165) is 22.2 Å². The van der Waals surface area contributed by atoms with Crippen LogP contribution >= 0.6 is 11.6 Å². The number of aromatic nitrogens is 6. The van der Waals surface area contributed by atoms with Gasteiger partial charge in [-0.1, -0.05) is 11.6 Å². The van der Waals surface area contributed by atoms with Gasteiger partial charge in [-0.25, -0.2) is 19.9 Å². The van der Waals surface area contributed by atoms with Crippen LogP contribution in [0.5, 0.6) is 0 Å². The van der Waals surface area contributed by atoms with Crippen molar-refractivity contribution >= 4 is 28.6 Å². The lowest BCUT2D eigenvalue weighted by atomic mass is 10.1. The monoisotopic (exact) mass is 367 g/mol. The van der Waals surface area contributed by atoms with Crippen molar-refractivity contribution in [2.24, 2.45) is 0 Å². The number of rotatable bonds is 5. The molecule has 2 N–H and O–H groups in total. The lowest BCUT2D eigenvalue weighted by Crippen LogP contribution is -2.08. The summed E-state index contributed by atoms with van der Waals surface area (Å²) >= 11 is 6.35. The molecule has 4 aromatic heterocycles. The van der Waals surface area contributed by atoms with Gasteiger partial charge in [-0.05, 0) is 12.1 Å². The van der Waals surface area contributed by atoms with Gasteiger partial charge in [0, 0.05) is 42.5 Å². The largest absolute Gasteiger partial charge is 0.395 e. The molecule has 0 aromatic carbocycles. The minimum absolute atomic E-state index is 0.0106. The Morgan fingerprint density at radius 3 is 2.69 bits per heavy atom. The Morgan fingerprint density at radius 2 is 1.96 bits per heavy atom. The fraction of sp³-hybridized carbons (Fsp3) is 0.118. The third kappa shape index (κ3) is 2.96. The molecule has 0 unspecified atom stereocenters. The zero-order chi connectivity index (χ0) is 17.9. The first kappa shape index (κ1) is 16.4. The molecule has 0 aliphatic heterocycles. The Bertz CT molecular complexity index is 1030. The maximum Gasteiger partial charge on any atom is 0.222 e. The number of hydrogen-bond acceptors (Lipinski definition) is 7. The molecule has 0 spiro atoms. The second-order valence-electron chi connectivity index (χ2n) is 5.43. The van der Waals surface area contributed by atoms with Gasteiger partial charge in [0.1, 0.15) is 17.1 Å². The second kappa shape index (κ2) is 7.03. The van der Waals surface area contributed by atoms with E-state index in [-0.39, 0.29) is 6.61 Å². The molecule has 0 saturated heterocycles. The highest BCUT2D eigenvalue weighted by Gasteiger charge is 2.17. The molecular formula is C17H14ClN7O. The molecule has 130 valence electrons. The molecule has 0 atom stereocenters. The van der Waals surface area contributed by atoms with Crippen molar-refractivity contribution in [2.75, 3.05) is 18.5 Å². The smallest absolute Gasteiger partial charge is 0.222 e. The van der Waals surface area contributed by atoms with E-state index in [1.54, 1.807) is 24.8 Å². The number of halogens is 1. The number of nitrogens with one attached hydrogen (secondary N) is 1. The quantitative estimate of drug-likeness (QED) is 0.522. The lowest BCUT2D eigenvalue weighted by Gasteiger charge is -2.03. The maximum atomic E-state index is 8.87. The molecule has 0 saturated carbocycles. The summed E-state index contributed by atoms with van der Waals surface area (Å²) < 4.78 is 1.91. The molecule has 4 heterocycles. The molecule has 8 nitrogen and oxygen atoms in total. The van der Waals surface area contributed by atoms with Gasteiger partial charge in [-0.2, -0.15) is 0 Å². The van der Waals surface area contributed by atoms with E-state index in [9.17, 15) is 0 Å². The van der Waals surface area contributed by atoms with Crippen LogP contribution in [0.4, 0.5) is 5.95 Å². The van der Waals surface area contributed by atoms with Crippen molar-refractivity contribution in [3.05, 3.63) is 54.6 Å². The summed E-state index contributed by atoms with van der Waals surface area (Å²) in [4.78, 5) is 21.2. The van der Waals surface area contributed by atoms with E-state index in [1.165, 1.54) is 6.33 Å². The molecule has 0 fully saturated rings. The van der Waals surface area contributed by atoms with Crippen molar-refractivity contribution in [3.63, 3.8) is 0 Å². The minimum Gasteiger partial charge on any atom is -0.395 e. The zero-order valence-corrected chi connectivity index (χ0v) is 14.3. The first-order valence-corrected chi connectivity index (χ1v) is 8.25. The number of hydrogen-bond donors (Lipinski definition) is 2. The predicted molar refractivity (Wildman–Crippen MR) is 98.3 cm³/mol. The summed E-state index contributed by atoms with van der Waals surface area (Å²) in [6.45, 7) is 0.399. The normalized spacial score (nSPS) is 11.0. The standard InChI is InChI=1S/C17H14ClN7O/c18-15-14-13(11-6-21-17(22-7-11)20-4-5-26)9-25(16(14)24-10-23-15)12-2-1-3-19-8-12/h1-3,6-10,26H,4-5H2,(H,20,21,22). The average Bonchev–Trinajstić information content (AvgIpc) is 3.08. The lowest BCUT2D eigenvalue weighted by molar-refractivity contribution is 0.311. The van der Waals surface area contributed by atoms with Crippen molar-refractivity contribution in [2.45, 2.75) is 0 Å². The van der Waals surface area contributed by atoms with E-state index in [2.05, 4.69) is 30.2 Å². The Balaban J connectivity index is 1.85. The van der Waals surface area contributed by atoms with Crippen molar-refractivity contribution in [1.29, 1.82) is 0 Å². The van der Waals surface area contributed by atoms with Crippen LogP contribution in [0.1, 0.15) is 0 Å². The van der Waals surface area contributed by atoms with Crippen LogP contribution in [0.2, 0.25) is 5.15 Å². The summed E-state index contributed by atoms with van der Waals surface area (Å²) in [7, 11) is 0. The van der Waals surface area contributed by atoms with Gasteiger partial charge in [0.15, 0.2) is 0 Å². The van der Waals surface area contributed by atoms with E-state index in [4.69, 9.17) is 16.7 Å². The highest BCUT2D eigenvalue weighted by molar-refractivity contribution is 6.35. The van der Waals surface area contributed by atoms with E-state index in [1.807, 2.05) is 22.9 Å². The topological polar surface area (TPSA) is 102 Å². The van der Waals surface area contributed by atoms with Gasteiger partial charge in [0.25, 0.3) is 0 Å². The molecule has 4 rings (SSSR count). The number of nitrogens with zero attached hydrogens (tertiary/aromatic N) is 6. The third-order valence-corrected chi connectivity index (χ3v) is 4.11. The Morgan fingerprint density at radius 1 is 1.12 bits per heavy atom. The Kier molecular flexibility index (Phi) is 4.42. The third-order valence-electron chi connectivity index (χ3n) is 3.82. The number of aliphatic hydroxyl groups is 1. The van der Waals surface area contributed by atoms with Gasteiger partial charge in [0.2, 0.25) is 5.95 Å². The van der Waals surface area contributed by atoms with Crippen molar-refractivity contribution in [1.82, 2.24) is 29.5 Å². The second-order valence-corrected chi connectivity index (χ2v) is 5.79. The molecular weight excluding hydrogens is 354 g/mol. The van der Waals surface area contributed by atoms with Gasteiger partial charge in [0.05, 0.1) is 23.9 Å². The molecule has 0 radical (unpaired) electrons. The zero-order valence-electron chi connectivity index (χ0n) is 13.5. The summed E-state index contributed by atoms with van der Waals surface area (Å²) in [5, 5.41) is 12.9.